The number of methoxy groups -OCH3 is 1. The molecule has 2 amide bonds. The third-order valence-electron chi connectivity index (χ3n) is 4.98. The van der Waals surface area contributed by atoms with Crippen molar-refractivity contribution in [2.45, 2.75) is 13.0 Å². The molecule has 1 aromatic rings. The number of amides is 2. The Morgan fingerprint density at radius 1 is 1.32 bits per heavy atom. The van der Waals surface area contributed by atoms with Crippen molar-refractivity contribution >= 4 is 12.0 Å². The molecule has 0 aromatic heterocycles. The van der Waals surface area contributed by atoms with Crippen molar-refractivity contribution < 1.29 is 23.8 Å². The monoisotopic (exact) mass is 389 g/mol. The van der Waals surface area contributed by atoms with Gasteiger partial charge in [0.2, 0.25) is 0 Å². The lowest BCUT2D eigenvalue weighted by atomic mass is 9.94. The number of nitrogens with one attached hydrogen (secondary N) is 1. The second-order valence-corrected chi connectivity index (χ2v) is 6.69. The average molecular weight is 389 g/mol. The number of urea groups is 1. The van der Waals surface area contributed by atoms with E-state index in [9.17, 15) is 9.59 Å². The van der Waals surface area contributed by atoms with Gasteiger partial charge in [-0.15, -0.1) is 0 Å². The highest BCUT2D eigenvalue weighted by atomic mass is 16.5. The molecule has 1 fully saturated rings. The van der Waals surface area contributed by atoms with E-state index in [1.54, 1.807) is 21.1 Å². The minimum absolute atomic E-state index is 0.260. The third-order valence-corrected chi connectivity index (χ3v) is 4.98. The van der Waals surface area contributed by atoms with Crippen LogP contribution in [0.25, 0.3) is 0 Å². The molecule has 8 nitrogen and oxygen atoms in total. The van der Waals surface area contributed by atoms with Gasteiger partial charge in [-0.2, -0.15) is 0 Å². The van der Waals surface area contributed by atoms with E-state index in [1.807, 2.05) is 24.3 Å². The molecule has 0 radical (unpaired) electrons. The third kappa shape index (κ3) is 4.28. The molecule has 2 aliphatic heterocycles. The van der Waals surface area contributed by atoms with Crippen LogP contribution in [0.5, 0.6) is 5.75 Å². The number of likely N-dealkylation sites (N-methyl/N-ethyl adjacent to an activating group) is 1. The molecular formula is C20H27N3O5. The Morgan fingerprint density at radius 2 is 2.07 bits per heavy atom. The normalized spacial score (nSPS) is 20.8. The zero-order valence-corrected chi connectivity index (χ0v) is 16.6. The van der Waals surface area contributed by atoms with Crippen LogP contribution < -0.4 is 10.1 Å². The Bertz CT molecular complexity index is 758. The van der Waals surface area contributed by atoms with E-state index in [1.165, 1.54) is 4.90 Å². The fourth-order valence-corrected chi connectivity index (χ4v) is 3.44. The van der Waals surface area contributed by atoms with Crippen LogP contribution in [0.4, 0.5) is 4.79 Å². The van der Waals surface area contributed by atoms with Crippen molar-refractivity contribution in [2.24, 2.45) is 0 Å². The first-order valence-corrected chi connectivity index (χ1v) is 9.43. The number of esters is 1. The van der Waals surface area contributed by atoms with Gasteiger partial charge in [0.15, 0.2) is 0 Å². The molecule has 2 aliphatic rings. The lowest BCUT2D eigenvalue weighted by molar-refractivity contribution is -0.139. The molecule has 3 rings (SSSR count). The summed E-state index contributed by atoms with van der Waals surface area (Å²) < 4.78 is 16.1. The predicted molar refractivity (Wildman–Crippen MR) is 103 cm³/mol. The fraction of sp³-hybridized carbons (Fsp3) is 0.500. The summed E-state index contributed by atoms with van der Waals surface area (Å²) in [5.74, 6) is 0.231. The van der Waals surface area contributed by atoms with Crippen molar-refractivity contribution in [2.75, 3.05) is 53.6 Å². The van der Waals surface area contributed by atoms with E-state index >= 15 is 0 Å². The number of carbonyl (C=O) groups is 2. The smallest absolute Gasteiger partial charge is 0.338 e. The van der Waals surface area contributed by atoms with Crippen LogP contribution in [-0.4, -0.2) is 75.4 Å². The van der Waals surface area contributed by atoms with Crippen molar-refractivity contribution in [1.29, 1.82) is 0 Å². The summed E-state index contributed by atoms with van der Waals surface area (Å²) >= 11 is 0. The lowest BCUT2D eigenvalue weighted by Gasteiger charge is -2.37. The van der Waals surface area contributed by atoms with Gasteiger partial charge < -0.3 is 19.5 Å². The molecule has 0 unspecified atom stereocenters. The topological polar surface area (TPSA) is 80.3 Å². The quantitative estimate of drug-likeness (QED) is 0.744. The van der Waals surface area contributed by atoms with Gasteiger partial charge >= 0.3 is 12.0 Å². The molecule has 152 valence electrons. The number of benzene rings is 1. The van der Waals surface area contributed by atoms with Crippen LogP contribution in [0.1, 0.15) is 18.5 Å². The number of morpholine rings is 1. The molecule has 2 heterocycles. The van der Waals surface area contributed by atoms with E-state index in [-0.39, 0.29) is 12.6 Å². The number of rotatable bonds is 6. The molecule has 0 bridgehead atoms. The van der Waals surface area contributed by atoms with E-state index in [4.69, 9.17) is 14.2 Å². The van der Waals surface area contributed by atoms with Gasteiger partial charge in [0.05, 0.1) is 38.5 Å². The Morgan fingerprint density at radius 3 is 2.75 bits per heavy atom. The van der Waals surface area contributed by atoms with Crippen molar-refractivity contribution in [3.8, 4) is 5.75 Å². The maximum absolute atomic E-state index is 12.9. The predicted octanol–water partition coefficient (Wildman–Crippen LogP) is 1.54. The number of hydrogen-bond donors (Lipinski definition) is 1. The highest BCUT2D eigenvalue weighted by Gasteiger charge is 2.37. The Hall–Kier alpha value is -2.58. The summed E-state index contributed by atoms with van der Waals surface area (Å²) in [6.45, 7) is 5.27. The minimum atomic E-state index is -0.603. The first-order valence-electron chi connectivity index (χ1n) is 9.43. The summed E-state index contributed by atoms with van der Waals surface area (Å²) in [5, 5.41) is 2.92. The highest BCUT2D eigenvalue weighted by molar-refractivity contribution is 5.95. The van der Waals surface area contributed by atoms with Gasteiger partial charge in [-0.05, 0) is 24.6 Å². The van der Waals surface area contributed by atoms with Gasteiger partial charge in [-0.3, -0.25) is 9.80 Å². The zero-order valence-electron chi connectivity index (χ0n) is 16.6. The summed E-state index contributed by atoms with van der Waals surface area (Å²) in [5.41, 5.74) is 1.86. The van der Waals surface area contributed by atoms with E-state index in [0.717, 1.165) is 18.7 Å². The molecule has 1 N–H and O–H groups in total. The molecule has 1 atom stereocenters. The summed E-state index contributed by atoms with van der Waals surface area (Å²) in [6, 6.07) is 6.48. The number of ether oxygens (including phenoxy) is 3. The Labute approximate surface area is 165 Å². The SMILES string of the molecule is CCOC(=O)C1=C(CN2CCOCC2)N(C)C(=O)N[C@@H]1c1cccc(OC)c1. The second-order valence-electron chi connectivity index (χ2n) is 6.69. The molecule has 1 aromatic carbocycles. The number of carbonyl (C=O) groups excluding carboxylic acids is 2. The van der Waals surface area contributed by atoms with E-state index in [2.05, 4.69) is 10.2 Å². The summed E-state index contributed by atoms with van der Waals surface area (Å²) in [7, 11) is 3.25. The molecule has 0 spiro atoms. The zero-order chi connectivity index (χ0) is 20.1. The maximum Gasteiger partial charge on any atom is 0.338 e. The number of hydrogen-bond acceptors (Lipinski definition) is 6. The largest absolute Gasteiger partial charge is 0.497 e. The standard InChI is InChI=1S/C20H27N3O5/c1-4-28-19(24)17-16(13-23-8-10-27-11-9-23)22(2)20(25)21-18(17)14-6-5-7-15(12-14)26-3/h5-7,12,18H,4,8-11,13H2,1-3H3,(H,21,25)/t18-/m1/s1. The van der Waals surface area contributed by atoms with Crippen LogP contribution in [0.2, 0.25) is 0 Å². The first-order chi connectivity index (χ1) is 13.5. The summed E-state index contributed by atoms with van der Waals surface area (Å²) in [4.78, 5) is 29.2. The highest BCUT2D eigenvalue weighted by Crippen LogP contribution is 2.32. The molecule has 0 aliphatic carbocycles. The van der Waals surface area contributed by atoms with Crippen molar-refractivity contribution in [3.05, 3.63) is 41.1 Å². The van der Waals surface area contributed by atoms with Crippen LogP contribution in [-0.2, 0) is 14.3 Å². The lowest BCUT2D eigenvalue weighted by Crippen LogP contribution is -2.50. The van der Waals surface area contributed by atoms with Crippen LogP contribution in [0.3, 0.4) is 0 Å². The molecule has 0 saturated carbocycles. The van der Waals surface area contributed by atoms with Gasteiger partial charge in [0, 0.05) is 32.4 Å². The second kappa shape index (κ2) is 9.07. The fourth-order valence-electron chi connectivity index (χ4n) is 3.44. The molecule has 28 heavy (non-hydrogen) atoms. The molecule has 1 saturated heterocycles. The van der Waals surface area contributed by atoms with E-state index < -0.39 is 12.0 Å². The molecule has 8 heteroatoms. The van der Waals surface area contributed by atoms with Crippen molar-refractivity contribution in [1.82, 2.24) is 15.1 Å². The van der Waals surface area contributed by atoms with Gasteiger partial charge in [-0.25, -0.2) is 9.59 Å². The van der Waals surface area contributed by atoms with Crippen LogP contribution in [0.15, 0.2) is 35.5 Å². The Balaban J connectivity index is 2.05. The maximum atomic E-state index is 12.9. The van der Waals surface area contributed by atoms with Gasteiger partial charge in [0.25, 0.3) is 0 Å². The minimum Gasteiger partial charge on any atom is -0.497 e. The first kappa shape index (κ1) is 20.2. The van der Waals surface area contributed by atoms with Crippen molar-refractivity contribution in [3.63, 3.8) is 0 Å². The molecular weight excluding hydrogens is 362 g/mol. The van der Waals surface area contributed by atoms with Crippen LogP contribution >= 0.6 is 0 Å². The Kier molecular flexibility index (Phi) is 6.53. The number of nitrogens with zero attached hydrogens (tertiary/aromatic N) is 2. The van der Waals surface area contributed by atoms with E-state index in [0.29, 0.717) is 36.8 Å². The van der Waals surface area contributed by atoms with Gasteiger partial charge in [-0.1, -0.05) is 12.1 Å². The van der Waals surface area contributed by atoms with Gasteiger partial charge in [0.1, 0.15) is 5.75 Å². The average Bonchev–Trinajstić information content (AvgIpc) is 2.72. The van der Waals surface area contributed by atoms with Crippen LogP contribution in [0, 0.1) is 0 Å². The summed E-state index contributed by atoms with van der Waals surface area (Å²) in [6.07, 6.45) is 0.